The number of benzene rings is 4. The SMILES string of the molecule is CCNC(=O)C(Cc1ccccc1)N(Cc1c(Cl)cccc1Cl)C(=O)CN(c1ccc(F)cc1)S(=O)(=O)c1ccc(OCC)cc1. The molecule has 0 heterocycles. The number of nitrogens with zero attached hydrogens (tertiary/aromatic N) is 2. The number of ether oxygens (including phenoxy) is 1. The highest BCUT2D eigenvalue weighted by molar-refractivity contribution is 7.92. The number of likely N-dealkylation sites (N-methyl/N-ethyl adjacent to an activating group) is 1. The van der Waals surface area contributed by atoms with Crippen molar-refractivity contribution in [2.24, 2.45) is 0 Å². The van der Waals surface area contributed by atoms with E-state index in [0.29, 0.717) is 24.5 Å². The lowest BCUT2D eigenvalue weighted by atomic mass is 10.0. The second kappa shape index (κ2) is 15.9. The van der Waals surface area contributed by atoms with Gasteiger partial charge in [-0.15, -0.1) is 0 Å². The third-order valence-corrected chi connectivity index (χ3v) is 9.62. The normalized spacial score (nSPS) is 11.8. The number of anilines is 1. The van der Waals surface area contributed by atoms with Crippen LogP contribution in [0.3, 0.4) is 0 Å². The van der Waals surface area contributed by atoms with Gasteiger partial charge in [0.1, 0.15) is 24.2 Å². The smallest absolute Gasteiger partial charge is 0.264 e. The first-order chi connectivity index (χ1) is 22.0. The van der Waals surface area contributed by atoms with Crippen molar-refractivity contribution < 1.29 is 27.1 Å². The molecular formula is C34H34Cl2FN3O5S. The van der Waals surface area contributed by atoms with E-state index in [1.165, 1.54) is 41.3 Å². The molecule has 1 unspecified atom stereocenters. The van der Waals surface area contributed by atoms with Crippen LogP contribution in [0.5, 0.6) is 5.75 Å². The van der Waals surface area contributed by atoms with Gasteiger partial charge in [-0.05, 0) is 80.1 Å². The summed E-state index contributed by atoms with van der Waals surface area (Å²) in [5.74, 6) is -1.26. The number of carbonyl (C=O) groups is 2. The zero-order valence-corrected chi connectivity index (χ0v) is 27.7. The molecule has 2 amide bonds. The first-order valence-electron chi connectivity index (χ1n) is 14.6. The molecule has 8 nitrogen and oxygen atoms in total. The van der Waals surface area contributed by atoms with Crippen molar-refractivity contribution in [3.8, 4) is 5.75 Å². The Labute approximate surface area is 278 Å². The van der Waals surface area contributed by atoms with Crippen LogP contribution < -0.4 is 14.4 Å². The molecule has 0 aliphatic carbocycles. The van der Waals surface area contributed by atoms with Gasteiger partial charge in [-0.3, -0.25) is 13.9 Å². The minimum Gasteiger partial charge on any atom is -0.494 e. The summed E-state index contributed by atoms with van der Waals surface area (Å²) in [6, 6.07) is 23.5. The van der Waals surface area contributed by atoms with Crippen LogP contribution in [0.1, 0.15) is 25.0 Å². The zero-order valence-electron chi connectivity index (χ0n) is 25.3. The minimum absolute atomic E-state index is 0.0528. The van der Waals surface area contributed by atoms with E-state index >= 15 is 0 Å². The molecule has 4 aromatic carbocycles. The van der Waals surface area contributed by atoms with Crippen molar-refractivity contribution in [1.82, 2.24) is 10.2 Å². The maximum atomic E-state index is 14.4. The van der Waals surface area contributed by atoms with Gasteiger partial charge in [-0.1, -0.05) is 59.6 Å². The summed E-state index contributed by atoms with van der Waals surface area (Å²) in [4.78, 5) is 29.2. The standard InChI is InChI=1S/C34H34Cl2FN3O5S/c1-3-38-34(42)32(21-24-9-6-5-7-10-24)39(22-29-30(35)11-8-12-31(29)36)33(41)23-40(26-15-13-25(37)14-16-26)46(43,44)28-19-17-27(18-20-28)45-4-2/h5-20,32H,3-4,21-23H2,1-2H3,(H,38,42). The van der Waals surface area contributed by atoms with E-state index in [9.17, 15) is 22.4 Å². The van der Waals surface area contributed by atoms with E-state index < -0.39 is 40.2 Å². The Morgan fingerprint density at radius 2 is 1.50 bits per heavy atom. The van der Waals surface area contributed by atoms with Gasteiger partial charge < -0.3 is 15.0 Å². The predicted molar refractivity (Wildman–Crippen MR) is 178 cm³/mol. The molecule has 0 fully saturated rings. The van der Waals surface area contributed by atoms with Gasteiger partial charge >= 0.3 is 0 Å². The summed E-state index contributed by atoms with van der Waals surface area (Å²) >= 11 is 13.0. The van der Waals surface area contributed by atoms with Crippen molar-refractivity contribution in [2.75, 3.05) is 24.0 Å². The summed E-state index contributed by atoms with van der Waals surface area (Å²) < 4.78 is 48.5. The fraction of sp³-hybridized carbons (Fsp3) is 0.235. The third kappa shape index (κ3) is 8.57. The number of hydrogen-bond donors (Lipinski definition) is 1. The van der Waals surface area contributed by atoms with E-state index in [1.807, 2.05) is 30.3 Å². The first-order valence-corrected chi connectivity index (χ1v) is 16.8. The molecule has 0 saturated heterocycles. The number of rotatable bonds is 14. The lowest BCUT2D eigenvalue weighted by molar-refractivity contribution is -0.140. The summed E-state index contributed by atoms with van der Waals surface area (Å²) in [5, 5.41) is 3.35. The summed E-state index contributed by atoms with van der Waals surface area (Å²) in [6.07, 6.45) is 0.128. The maximum Gasteiger partial charge on any atom is 0.264 e. The van der Waals surface area contributed by atoms with Gasteiger partial charge in [-0.2, -0.15) is 0 Å². The lowest BCUT2D eigenvalue weighted by Crippen LogP contribution is -2.53. The van der Waals surface area contributed by atoms with Crippen LogP contribution in [0.2, 0.25) is 10.0 Å². The Balaban J connectivity index is 1.81. The molecule has 0 saturated carbocycles. The number of amides is 2. The topological polar surface area (TPSA) is 96.0 Å². The lowest BCUT2D eigenvalue weighted by Gasteiger charge is -2.34. The zero-order chi connectivity index (χ0) is 33.3. The van der Waals surface area contributed by atoms with Gasteiger partial charge in [-0.25, -0.2) is 12.8 Å². The van der Waals surface area contributed by atoms with E-state index in [1.54, 1.807) is 32.0 Å². The van der Waals surface area contributed by atoms with Crippen LogP contribution in [0.25, 0.3) is 0 Å². The van der Waals surface area contributed by atoms with Crippen molar-refractivity contribution in [3.63, 3.8) is 0 Å². The maximum absolute atomic E-state index is 14.4. The molecule has 242 valence electrons. The van der Waals surface area contributed by atoms with Crippen molar-refractivity contribution in [3.05, 3.63) is 124 Å². The van der Waals surface area contributed by atoms with Gasteiger partial charge in [0.2, 0.25) is 11.8 Å². The van der Waals surface area contributed by atoms with Crippen molar-refractivity contribution in [2.45, 2.75) is 37.8 Å². The number of hydrogen-bond acceptors (Lipinski definition) is 5. The monoisotopic (exact) mass is 685 g/mol. The van der Waals surface area contributed by atoms with Crippen LogP contribution >= 0.6 is 23.2 Å². The second-order valence-electron chi connectivity index (χ2n) is 10.2. The highest BCUT2D eigenvalue weighted by atomic mass is 35.5. The van der Waals surface area contributed by atoms with Gasteiger partial charge in [0.15, 0.2) is 0 Å². The highest BCUT2D eigenvalue weighted by Gasteiger charge is 2.35. The fourth-order valence-electron chi connectivity index (χ4n) is 4.84. The molecule has 0 aromatic heterocycles. The molecule has 0 aliphatic rings. The van der Waals surface area contributed by atoms with Crippen LogP contribution in [0.15, 0.2) is 102 Å². The molecule has 1 N–H and O–H groups in total. The predicted octanol–water partition coefficient (Wildman–Crippen LogP) is 6.50. The van der Waals surface area contributed by atoms with Crippen molar-refractivity contribution >= 4 is 50.7 Å². The fourth-order valence-corrected chi connectivity index (χ4v) is 6.77. The average Bonchev–Trinajstić information content (AvgIpc) is 3.04. The van der Waals surface area contributed by atoms with E-state index in [0.717, 1.165) is 22.0 Å². The van der Waals surface area contributed by atoms with Gasteiger partial charge in [0.25, 0.3) is 10.0 Å². The Morgan fingerprint density at radius 3 is 2.09 bits per heavy atom. The van der Waals surface area contributed by atoms with Gasteiger partial charge in [0, 0.05) is 35.1 Å². The van der Waals surface area contributed by atoms with Gasteiger partial charge in [0.05, 0.1) is 17.2 Å². The van der Waals surface area contributed by atoms with E-state index in [2.05, 4.69) is 5.32 Å². The van der Waals surface area contributed by atoms with Crippen LogP contribution in [-0.4, -0.2) is 50.9 Å². The average molecular weight is 687 g/mol. The molecule has 1 atom stereocenters. The molecule has 0 spiro atoms. The van der Waals surface area contributed by atoms with Crippen LogP contribution in [-0.2, 0) is 32.6 Å². The Hall–Kier alpha value is -4.12. The molecule has 46 heavy (non-hydrogen) atoms. The molecule has 4 rings (SSSR count). The number of carbonyl (C=O) groups excluding carboxylic acids is 2. The Morgan fingerprint density at radius 1 is 0.870 bits per heavy atom. The second-order valence-corrected chi connectivity index (χ2v) is 12.9. The van der Waals surface area contributed by atoms with E-state index in [4.69, 9.17) is 27.9 Å². The molecule has 0 radical (unpaired) electrons. The molecule has 12 heteroatoms. The highest BCUT2D eigenvalue weighted by Crippen LogP contribution is 2.29. The summed E-state index contributed by atoms with van der Waals surface area (Å²) in [7, 11) is -4.38. The van der Waals surface area contributed by atoms with Crippen LogP contribution in [0, 0.1) is 5.82 Å². The number of halogens is 3. The third-order valence-electron chi connectivity index (χ3n) is 7.13. The summed E-state index contributed by atoms with van der Waals surface area (Å²) in [6.45, 7) is 3.35. The van der Waals surface area contributed by atoms with Crippen LogP contribution in [0.4, 0.5) is 10.1 Å². The number of sulfonamides is 1. The Kier molecular flexibility index (Phi) is 12.0. The van der Waals surface area contributed by atoms with E-state index in [-0.39, 0.29) is 33.6 Å². The quantitative estimate of drug-likeness (QED) is 0.163. The molecular weight excluding hydrogens is 652 g/mol. The molecule has 4 aromatic rings. The molecule has 0 bridgehead atoms. The minimum atomic E-state index is -4.38. The summed E-state index contributed by atoms with van der Waals surface area (Å²) in [5.41, 5.74) is 1.22. The van der Waals surface area contributed by atoms with Crippen molar-refractivity contribution in [1.29, 1.82) is 0 Å². The largest absolute Gasteiger partial charge is 0.494 e. The number of nitrogens with one attached hydrogen (secondary N) is 1. The first kappa shape index (κ1) is 34.7. The molecule has 0 aliphatic heterocycles. The Bertz CT molecular complexity index is 1720.